The summed E-state index contributed by atoms with van der Waals surface area (Å²) in [5, 5.41) is 7.79. The highest BCUT2D eigenvalue weighted by Gasteiger charge is 2.34. The zero-order chi connectivity index (χ0) is 17.3. The second kappa shape index (κ2) is 6.61. The third-order valence-electron chi connectivity index (χ3n) is 4.05. The van der Waals surface area contributed by atoms with E-state index in [0.717, 1.165) is 23.4 Å². The summed E-state index contributed by atoms with van der Waals surface area (Å²) >= 11 is 11.7. The van der Waals surface area contributed by atoms with Gasteiger partial charge in [-0.2, -0.15) is 0 Å². The van der Waals surface area contributed by atoms with Crippen molar-refractivity contribution in [3.63, 3.8) is 0 Å². The average Bonchev–Trinajstić information content (AvgIpc) is 2.49. The van der Waals surface area contributed by atoms with Crippen LogP contribution in [-0.2, 0) is 0 Å². The SMILES string of the molecule is Cc1ccc2c(c1)[C@@H](NC(=S)Nc1ccccc1Cl)CC(C)(C)O2. The summed E-state index contributed by atoms with van der Waals surface area (Å²) < 4.78 is 6.10. The lowest BCUT2D eigenvalue weighted by molar-refractivity contribution is 0.0696. The van der Waals surface area contributed by atoms with Crippen LogP contribution in [0, 0.1) is 6.92 Å². The van der Waals surface area contributed by atoms with Crippen LogP contribution in [0.25, 0.3) is 0 Å². The quantitative estimate of drug-likeness (QED) is 0.718. The maximum atomic E-state index is 6.19. The van der Waals surface area contributed by atoms with E-state index >= 15 is 0 Å². The number of rotatable bonds is 2. The van der Waals surface area contributed by atoms with Crippen molar-refractivity contribution >= 4 is 34.6 Å². The Labute approximate surface area is 153 Å². The molecule has 24 heavy (non-hydrogen) atoms. The number of aryl methyl sites for hydroxylation is 1. The van der Waals surface area contributed by atoms with Gasteiger partial charge in [0.25, 0.3) is 0 Å². The van der Waals surface area contributed by atoms with Crippen molar-refractivity contribution in [2.45, 2.75) is 38.8 Å². The highest BCUT2D eigenvalue weighted by molar-refractivity contribution is 7.80. The molecule has 0 saturated heterocycles. The van der Waals surface area contributed by atoms with Gasteiger partial charge in [0.15, 0.2) is 5.11 Å². The van der Waals surface area contributed by atoms with Crippen LogP contribution in [0.2, 0.25) is 5.02 Å². The van der Waals surface area contributed by atoms with Gasteiger partial charge in [-0.25, -0.2) is 0 Å². The van der Waals surface area contributed by atoms with Gasteiger partial charge in [0.2, 0.25) is 0 Å². The Morgan fingerprint density at radius 2 is 2.00 bits per heavy atom. The van der Waals surface area contributed by atoms with Crippen molar-refractivity contribution in [1.82, 2.24) is 5.32 Å². The minimum atomic E-state index is -0.250. The van der Waals surface area contributed by atoms with Crippen LogP contribution in [-0.4, -0.2) is 10.7 Å². The molecule has 2 aromatic rings. The summed E-state index contributed by atoms with van der Waals surface area (Å²) in [4.78, 5) is 0. The van der Waals surface area contributed by atoms with Gasteiger partial charge >= 0.3 is 0 Å². The van der Waals surface area contributed by atoms with Crippen LogP contribution >= 0.6 is 23.8 Å². The van der Waals surface area contributed by atoms with E-state index < -0.39 is 0 Å². The molecule has 2 N–H and O–H groups in total. The van der Waals surface area contributed by atoms with E-state index in [4.69, 9.17) is 28.6 Å². The van der Waals surface area contributed by atoms with E-state index in [1.165, 1.54) is 5.56 Å². The van der Waals surface area contributed by atoms with Crippen molar-refractivity contribution in [1.29, 1.82) is 0 Å². The van der Waals surface area contributed by atoms with E-state index in [-0.39, 0.29) is 11.6 Å². The molecule has 126 valence electrons. The molecule has 1 atom stereocenters. The number of fused-ring (bicyclic) bond motifs is 1. The fourth-order valence-electron chi connectivity index (χ4n) is 2.98. The monoisotopic (exact) mass is 360 g/mol. The van der Waals surface area contributed by atoms with E-state index in [0.29, 0.717) is 10.1 Å². The third kappa shape index (κ3) is 3.82. The highest BCUT2D eigenvalue weighted by Crippen LogP contribution is 2.39. The van der Waals surface area contributed by atoms with Crippen molar-refractivity contribution in [3.8, 4) is 5.75 Å². The number of para-hydroxylation sites is 1. The lowest BCUT2D eigenvalue weighted by Crippen LogP contribution is -2.42. The van der Waals surface area contributed by atoms with Crippen molar-refractivity contribution in [2.24, 2.45) is 0 Å². The number of nitrogens with one attached hydrogen (secondary N) is 2. The van der Waals surface area contributed by atoms with Crippen molar-refractivity contribution in [2.75, 3.05) is 5.32 Å². The summed E-state index contributed by atoms with van der Waals surface area (Å²) in [5.74, 6) is 0.912. The fourth-order valence-corrected chi connectivity index (χ4v) is 3.42. The average molecular weight is 361 g/mol. The second-order valence-electron chi connectivity index (χ2n) is 6.74. The summed E-state index contributed by atoms with van der Waals surface area (Å²) in [7, 11) is 0. The number of benzene rings is 2. The minimum absolute atomic E-state index is 0.0890. The fraction of sp³-hybridized carbons (Fsp3) is 0.316. The van der Waals surface area contributed by atoms with Crippen LogP contribution < -0.4 is 15.4 Å². The van der Waals surface area contributed by atoms with Crippen molar-refractivity contribution < 1.29 is 4.74 Å². The maximum Gasteiger partial charge on any atom is 0.171 e. The summed E-state index contributed by atoms with van der Waals surface area (Å²) in [6, 6.07) is 13.9. The molecular weight excluding hydrogens is 340 g/mol. The largest absolute Gasteiger partial charge is 0.487 e. The van der Waals surface area contributed by atoms with E-state index in [1.54, 1.807) is 0 Å². The smallest absolute Gasteiger partial charge is 0.171 e. The molecule has 0 fully saturated rings. The molecule has 0 amide bonds. The molecule has 0 radical (unpaired) electrons. The summed E-state index contributed by atoms with van der Waals surface area (Å²) in [6.07, 6.45) is 0.827. The number of anilines is 1. The Kier molecular flexibility index (Phi) is 4.70. The predicted molar refractivity (Wildman–Crippen MR) is 104 cm³/mol. The Bertz CT molecular complexity index is 776. The first-order chi connectivity index (χ1) is 11.3. The van der Waals surface area contributed by atoms with E-state index in [2.05, 4.69) is 43.5 Å². The highest BCUT2D eigenvalue weighted by atomic mass is 35.5. The third-order valence-corrected chi connectivity index (χ3v) is 4.60. The number of ether oxygens (including phenoxy) is 1. The number of halogens is 1. The van der Waals surface area contributed by atoms with Crippen LogP contribution in [0.1, 0.15) is 37.4 Å². The van der Waals surface area contributed by atoms with Gasteiger partial charge in [-0.15, -0.1) is 0 Å². The number of thiocarbonyl (C=S) groups is 1. The van der Waals surface area contributed by atoms with Crippen LogP contribution in [0.5, 0.6) is 5.75 Å². The predicted octanol–water partition coefficient (Wildman–Crippen LogP) is 5.24. The molecule has 3 rings (SSSR count). The zero-order valence-electron chi connectivity index (χ0n) is 14.0. The molecule has 0 saturated carbocycles. The van der Waals surface area contributed by atoms with Crippen LogP contribution in [0.15, 0.2) is 42.5 Å². The molecule has 1 aliphatic rings. The normalized spacial score (nSPS) is 18.2. The van der Waals surface area contributed by atoms with Gasteiger partial charge in [-0.3, -0.25) is 0 Å². The summed E-state index contributed by atoms with van der Waals surface area (Å²) in [6.45, 7) is 6.27. The Morgan fingerprint density at radius 3 is 2.75 bits per heavy atom. The molecule has 5 heteroatoms. The van der Waals surface area contributed by atoms with Crippen LogP contribution in [0.4, 0.5) is 5.69 Å². The minimum Gasteiger partial charge on any atom is -0.487 e. The van der Waals surface area contributed by atoms with Gasteiger partial charge in [-0.05, 0) is 51.2 Å². The lowest BCUT2D eigenvalue weighted by atomic mass is 9.89. The number of hydrogen-bond donors (Lipinski definition) is 2. The molecule has 0 bridgehead atoms. The number of hydrogen-bond acceptors (Lipinski definition) is 2. The first-order valence-electron chi connectivity index (χ1n) is 7.96. The first-order valence-corrected chi connectivity index (χ1v) is 8.74. The Balaban J connectivity index is 1.80. The maximum absolute atomic E-state index is 6.19. The topological polar surface area (TPSA) is 33.3 Å². The standard InChI is InChI=1S/C19H21ClN2OS/c1-12-8-9-17-13(10-12)16(11-19(2,3)23-17)22-18(24)21-15-7-5-4-6-14(15)20/h4-10,16H,11H2,1-3H3,(H2,21,22,24)/t16-/m0/s1. The molecule has 0 spiro atoms. The molecule has 0 unspecified atom stereocenters. The molecule has 1 heterocycles. The molecular formula is C19H21ClN2OS. The molecule has 0 aliphatic carbocycles. The molecule has 1 aliphatic heterocycles. The van der Waals surface area contributed by atoms with Crippen LogP contribution in [0.3, 0.4) is 0 Å². The Morgan fingerprint density at radius 1 is 1.25 bits per heavy atom. The zero-order valence-corrected chi connectivity index (χ0v) is 15.6. The van der Waals surface area contributed by atoms with Gasteiger partial charge < -0.3 is 15.4 Å². The van der Waals surface area contributed by atoms with Gasteiger partial charge in [0.05, 0.1) is 16.8 Å². The van der Waals surface area contributed by atoms with Crippen molar-refractivity contribution in [3.05, 3.63) is 58.6 Å². The first kappa shape index (κ1) is 17.1. The Hall–Kier alpha value is -1.78. The summed E-state index contributed by atoms with van der Waals surface area (Å²) in [5.41, 5.74) is 2.89. The van der Waals surface area contributed by atoms with E-state index in [1.807, 2.05) is 30.3 Å². The van der Waals surface area contributed by atoms with E-state index in [9.17, 15) is 0 Å². The van der Waals surface area contributed by atoms with Gasteiger partial charge in [0.1, 0.15) is 11.4 Å². The molecule has 3 nitrogen and oxygen atoms in total. The van der Waals surface area contributed by atoms with Gasteiger partial charge in [0, 0.05) is 12.0 Å². The van der Waals surface area contributed by atoms with Gasteiger partial charge in [-0.1, -0.05) is 41.4 Å². The molecule has 2 aromatic carbocycles. The molecule has 0 aromatic heterocycles. The second-order valence-corrected chi connectivity index (χ2v) is 7.55. The lowest BCUT2D eigenvalue weighted by Gasteiger charge is -2.38.